The highest BCUT2D eigenvalue weighted by atomic mass is 16.6. The number of aryl methyl sites for hydroxylation is 3. The SMILES string of the molecule is CCc1nc2c(C)cc(C)nc2n1Cc1ccc2c(ccn2C(=O)OC(C)(C)C)c1. The predicted octanol–water partition coefficient (Wildman–Crippen LogP) is 5.40. The number of carbonyl (C=O) groups excluding carboxylic acids is 1. The summed E-state index contributed by atoms with van der Waals surface area (Å²) in [6, 6.07) is 10.2. The van der Waals surface area contributed by atoms with E-state index in [0.717, 1.165) is 51.1 Å². The zero-order valence-electron chi connectivity index (χ0n) is 18.5. The average Bonchev–Trinajstić information content (AvgIpc) is 3.22. The summed E-state index contributed by atoms with van der Waals surface area (Å²) in [5.74, 6) is 1.03. The van der Waals surface area contributed by atoms with Crippen LogP contribution in [0.4, 0.5) is 4.79 Å². The fourth-order valence-electron chi connectivity index (χ4n) is 3.83. The van der Waals surface area contributed by atoms with Gasteiger partial charge in [-0.3, -0.25) is 4.57 Å². The van der Waals surface area contributed by atoms with Gasteiger partial charge in [0, 0.05) is 23.7 Å². The quantitative estimate of drug-likeness (QED) is 0.459. The molecule has 0 fully saturated rings. The van der Waals surface area contributed by atoms with Crippen molar-refractivity contribution in [3.05, 3.63) is 59.2 Å². The molecule has 0 aliphatic carbocycles. The summed E-state index contributed by atoms with van der Waals surface area (Å²) in [5, 5.41) is 1.00. The molecule has 3 heterocycles. The third-order valence-electron chi connectivity index (χ3n) is 5.10. The van der Waals surface area contributed by atoms with Crippen molar-refractivity contribution in [2.45, 2.75) is 60.1 Å². The van der Waals surface area contributed by atoms with Crippen molar-refractivity contribution in [3.63, 3.8) is 0 Å². The second-order valence-corrected chi connectivity index (χ2v) is 8.78. The van der Waals surface area contributed by atoms with Gasteiger partial charge in [0.15, 0.2) is 5.65 Å². The van der Waals surface area contributed by atoms with Crippen LogP contribution in [0.15, 0.2) is 36.5 Å². The van der Waals surface area contributed by atoms with Gasteiger partial charge >= 0.3 is 6.09 Å². The zero-order chi connectivity index (χ0) is 21.6. The lowest BCUT2D eigenvalue weighted by atomic mass is 10.1. The number of carbonyl (C=O) groups is 1. The molecule has 0 saturated carbocycles. The first-order valence-electron chi connectivity index (χ1n) is 10.3. The minimum atomic E-state index is -0.532. The van der Waals surface area contributed by atoms with E-state index < -0.39 is 5.60 Å². The van der Waals surface area contributed by atoms with Crippen LogP contribution >= 0.6 is 0 Å². The summed E-state index contributed by atoms with van der Waals surface area (Å²) in [4.78, 5) is 22.1. The number of aromatic nitrogens is 4. The second kappa shape index (κ2) is 7.27. The van der Waals surface area contributed by atoms with E-state index in [-0.39, 0.29) is 6.09 Å². The minimum absolute atomic E-state index is 0.366. The van der Waals surface area contributed by atoms with Gasteiger partial charge in [-0.1, -0.05) is 13.0 Å². The maximum atomic E-state index is 12.5. The minimum Gasteiger partial charge on any atom is -0.443 e. The van der Waals surface area contributed by atoms with Crippen molar-refractivity contribution < 1.29 is 9.53 Å². The van der Waals surface area contributed by atoms with Gasteiger partial charge in [0.25, 0.3) is 0 Å². The summed E-state index contributed by atoms with van der Waals surface area (Å²) < 4.78 is 9.26. The molecule has 0 radical (unpaired) electrons. The van der Waals surface area contributed by atoms with Crippen LogP contribution in [-0.4, -0.2) is 30.8 Å². The molecule has 156 valence electrons. The molecule has 30 heavy (non-hydrogen) atoms. The summed E-state index contributed by atoms with van der Waals surface area (Å²) in [6.45, 7) is 12.5. The molecule has 0 atom stereocenters. The monoisotopic (exact) mass is 404 g/mol. The predicted molar refractivity (Wildman–Crippen MR) is 119 cm³/mol. The molecule has 0 N–H and O–H groups in total. The Balaban J connectivity index is 1.71. The number of hydrogen-bond acceptors (Lipinski definition) is 4. The van der Waals surface area contributed by atoms with E-state index in [2.05, 4.69) is 36.6 Å². The van der Waals surface area contributed by atoms with Gasteiger partial charge in [-0.05, 0) is 70.0 Å². The Bertz CT molecular complexity index is 1260. The molecule has 0 saturated heterocycles. The molecule has 0 amide bonds. The molecule has 0 aliphatic rings. The van der Waals surface area contributed by atoms with E-state index in [1.165, 1.54) is 0 Å². The Morgan fingerprint density at radius 3 is 2.57 bits per heavy atom. The van der Waals surface area contributed by atoms with Crippen LogP contribution in [0.3, 0.4) is 0 Å². The van der Waals surface area contributed by atoms with Gasteiger partial charge in [0.1, 0.15) is 16.9 Å². The van der Waals surface area contributed by atoms with E-state index in [4.69, 9.17) is 14.7 Å². The molecule has 0 bridgehead atoms. The summed E-state index contributed by atoms with van der Waals surface area (Å²) in [5.41, 5.74) is 5.48. The first kappa shape index (κ1) is 20.1. The number of nitrogens with zero attached hydrogens (tertiary/aromatic N) is 4. The Morgan fingerprint density at radius 2 is 1.87 bits per heavy atom. The Hall–Kier alpha value is -3.15. The first-order chi connectivity index (χ1) is 14.2. The molecule has 4 aromatic rings. The van der Waals surface area contributed by atoms with Gasteiger partial charge in [-0.2, -0.15) is 0 Å². The molecular weight excluding hydrogens is 376 g/mol. The molecule has 4 rings (SSSR count). The standard InChI is InChI=1S/C24H28N4O2/c1-7-20-26-21-15(2)12-16(3)25-22(21)28(20)14-17-8-9-19-18(13-17)10-11-27(19)23(29)30-24(4,5)6/h8-13H,7,14H2,1-6H3. The van der Waals surface area contributed by atoms with Crippen LogP contribution in [0.1, 0.15) is 50.3 Å². The van der Waals surface area contributed by atoms with Crippen molar-refractivity contribution in [1.82, 2.24) is 19.1 Å². The van der Waals surface area contributed by atoms with Gasteiger partial charge < -0.3 is 9.30 Å². The molecule has 0 unspecified atom stereocenters. The number of benzene rings is 1. The fourth-order valence-corrected chi connectivity index (χ4v) is 3.83. The van der Waals surface area contributed by atoms with Crippen LogP contribution in [0, 0.1) is 13.8 Å². The number of imidazole rings is 1. The summed E-state index contributed by atoms with van der Waals surface area (Å²) in [7, 11) is 0. The number of pyridine rings is 1. The van der Waals surface area contributed by atoms with Gasteiger partial charge in [-0.15, -0.1) is 0 Å². The van der Waals surface area contributed by atoms with Crippen molar-refractivity contribution in [3.8, 4) is 0 Å². The van der Waals surface area contributed by atoms with Gasteiger partial charge in [0.2, 0.25) is 0 Å². The number of rotatable bonds is 3. The molecule has 3 aromatic heterocycles. The maximum Gasteiger partial charge on any atom is 0.418 e. The van der Waals surface area contributed by atoms with Crippen molar-refractivity contribution >= 4 is 28.2 Å². The molecule has 6 nitrogen and oxygen atoms in total. The number of ether oxygens (including phenoxy) is 1. The fraction of sp³-hybridized carbons (Fsp3) is 0.375. The lowest BCUT2D eigenvalue weighted by Crippen LogP contribution is -2.26. The molecular formula is C24H28N4O2. The highest BCUT2D eigenvalue weighted by Crippen LogP contribution is 2.24. The first-order valence-corrected chi connectivity index (χ1v) is 10.3. The zero-order valence-corrected chi connectivity index (χ0v) is 18.5. The average molecular weight is 405 g/mol. The van der Waals surface area contributed by atoms with Crippen LogP contribution in [0.5, 0.6) is 0 Å². The lowest BCUT2D eigenvalue weighted by molar-refractivity contribution is 0.0544. The van der Waals surface area contributed by atoms with Gasteiger partial charge in [-0.25, -0.2) is 14.8 Å². The van der Waals surface area contributed by atoms with E-state index in [1.807, 2.05) is 39.8 Å². The van der Waals surface area contributed by atoms with Crippen LogP contribution in [-0.2, 0) is 17.7 Å². The maximum absolute atomic E-state index is 12.5. The topological polar surface area (TPSA) is 61.9 Å². The highest BCUT2D eigenvalue weighted by molar-refractivity contribution is 5.90. The van der Waals surface area contributed by atoms with Gasteiger partial charge in [0.05, 0.1) is 12.1 Å². The molecule has 0 spiro atoms. The Labute approximate surface area is 176 Å². The van der Waals surface area contributed by atoms with E-state index >= 15 is 0 Å². The third kappa shape index (κ3) is 3.70. The van der Waals surface area contributed by atoms with E-state index in [0.29, 0.717) is 6.54 Å². The van der Waals surface area contributed by atoms with E-state index in [1.54, 1.807) is 10.8 Å². The molecule has 1 aromatic carbocycles. The summed E-state index contributed by atoms with van der Waals surface area (Å²) in [6.07, 6.45) is 2.24. The van der Waals surface area contributed by atoms with E-state index in [9.17, 15) is 4.79 Å². The largest absolute Gasteiger partial charge is 0.443 e. The number of fused-ring (bicyclic) bond motifs is 2. The number of hydrogen-bond donors (Lipinski definition) is 0. The van der Waals surface area contributed by atoms with Crippen LogP contribution in [0.25, 0.3) is 22.1 Å². The van der Waals surface area contributed by atoms with Crippen molar-refractivity contribution in [2.75, 3.05) is 0 Å². The van der Waals surface area contributed by atoms with Crippen molar-refractivity contribution in [2.24, 2.45) is 0 Å². The molecule has 6 heteroatoms. The Morgan fingerprint density at radius 1 is 1.10 bits per heavy atom. The smallest absolute Gasteiger partial charge is 0.418 e. The summed E-state index contributed by atoms with van der Waals surface area (Å²) >= 11 is 0. The Kier molecular flexibility index (Phi) is 4.88. The van der Waals surface area contributed by atoms with Crippen LogP contribution in [0.2, 0.25) is 0 Å². The third-order valence-corrected chi connectivity index (χ3v) is 5.10. The van der Waals surface area contributed by atoms with Crippen LogP contribution < -0.4 is 0 Å². The lowest BCUT2D eigenvalue weighted by Gasteiger charge is -2.19. The highest BCUT2D eigenvalue weighted by Gasteiger charge is 2.19. The second-order valence-electron chi connectivity index (χ2n) is 8.78. The van der Waals surface area contributed by atoms with Crippen molar-refractivity contribution in [1.29, 1.82) is 0 Å². The normalized spacial score (nSPS) is 12.1. The molecule has 0 aliphatic heterocycles.